The molecule has 2 unspecified atom stereocenters. The summed E-state index contributed by atoms with van der Waals surface area (Å²) in [6, 6.07) is 26.4. The molecule has 1 amide bonds. The Morgan fingerprint density at radius 3 is 2.23 bits per heavy atom. The number of rotatable bonds is 5. The summed E-state index contributed by atoms with van der Waals surface area (Å²) in [7, 11) is 0. The first-order valence-corrected chi connectivity index (χ1v) is 9.82. The average Bonchev–Trinajstić information content (AvgIpc) is 2.75. The number of hydrogen-bond acceptors (Lipinski definition) is 4. The molecule has 150 valence electrons. The lowest BCUT2D eigenvalue weighted by molar-refractivity contribution is -0.166. The second-order valence-electron chi connectivity index (χ2n) is 7.29. The van der Waals surface area contributed by atoms with Crippen LogP contribution in [0.4, 0.5) is 5.69 Å². The standard InChI is InChI=1S/C25H21NO4/c27-21-16-22(19-11-5-2-6-12-19)30-25(29)23(21)24(28)26-20-13-7-10-18(15-20)14-17-8-3-1-4-9-17/h1-13,15,22-23H,14,16H2,(H,26,28). The molecule has 3 aromatic carbocycles. The first-order chi connectivity index (χ1) is 14.6. The molecule has 0 bridgehead atoms. The van der Waals surface area contributed by atoms with E-state index in [2.05, 4.69) is 5.32 Å². The molecule has 1 N–H and O–H groups in total. The molecule has 0 spiro atoms. The van der Waals surface area contributed by atoms with E-state index in [-0.39, 0.29) is 6.42 Å². The van der Waals surface area contributed by atoms with Gasteiger partial charge in [-0.3, -0.25) is 14.4 Å². The number of anilines is 1. The van der Waals surface area contributed by atoms with E-state index < -0.39 is 29.7 Å². The van der Waals surface area contributed by atoms with Crippen molar-refractivity contribution >= 4 is 23.3 Å². The fourth-order valence-electron chi connectivity index (χ4n) is 3.59. The molecule has 5 nitrogen and oxygen atoms in total. The van der Waals surface area contributed by atoms with Crippen LogP contribution < -0.4 is 5.32 Å². The molecule has 2 atom stereocenters. The van der Waals surface area contributed by atoms with Gasteiger partial charge in [0.2, 0.25) is 5.91 Å². The largest absolute Gasteiger partial charge is 0.456 e. The van der Waals surface area contributed by atoms with Crippen molar-refractivity contribution in [2.45, 2.75) is 18.9 Å². The molecule has 1 aliphatic heterocycles. The quantitative estimate of drug-likeness (QED) is 0.518. The van der Waals surface area contributed by atoms with Gasteiger partial charge in [-0.1, -0.05) is 72.8 Å². The number of Topliss-reactive ketones (excluding diaryl/α,β-unsaturated/α-hetero) is 1. The van der Waals surface area contributed by atoms with Gasteiger partial charge in [0.25, 0.3) is 0 Å². The van der Waals surface area contributed by atoms with Crippen LogP contribution in [0, 0.1) is 5.92 Å². The van der Waals surface area contributed by atoms with Gasteiger partial charge < -0.3 is 10.1 Å². The lowest BCUT2D eigenvalue weighted by Crippen LogP contribution is -2.42. The Morgan fingerprint density at radius 1 is 0.867 bits per heavy atom. The van der Waals surface area contributed by atoms with Crippen molar-refractivity contribution in [1.29, 1.82) is 0 Å². The molecule has 1 saturated heterocycles. The van der Waals surface area contributed by atoms with Crippen LogP contribution in [-0.2, 0) is 25.5 Å². The van der Waals surface area contributed by atoms with Crippen LogP contribution in [0.15, 0.2) is 84.9 Å². The topological polar surface area (TPSA) is 72.5 Å². The maximum absolute atomic E-state index is 12.7. The third-order valence-electron chi connectivity index (χ3n) is 5.08. The van der Waals surface area contributed by atoms with Gasteiger partial charge in [0.1, 0.15) is 6.10 Å². The molecule has 1 heterocycles. The lowest BCUT2D eigenvalue weighted by atomic mass is 9.92. The highest BCUT2D eigenvalue weighted by molar-refractivity contribution is 6.21. The molecule has 1 fully saturated rings. The summed E-state index contributed by atoms with van der Waals surface area (Å²) in [5, 5.41) is 2.69. The van der Waals surface area contributed by atoms with Gasteiger partial charge in [-0.2, -0.15) is 0 Å². The van der Waals surface area contributed by atoms with Crippen molar-refractivity contribution < 1.29 is 19.1 Å². The Kier molecular flexibility index (Phi) is 5.70. The maximum Gasteiger partial charge on any atom is 0.326 e. The fraction of sp³-hybridized carbons (Fsp3) is 0.160. The maximum atomic E-state index is 12.7. The summed E-state index contributed by atoms with van der Waals surface area (Å²) in [5.41, 5.74) is 3.45. The molecule has 0 aliphatic carbocycles. The summed E-state index contributed by atoms with van der Waals surface area (Å²) < 4.78 is 5.40. The Labute approximate surface area is 174 Å². The van der Waals surface area contributed by atoms with E-state index in [0.717, 1.165) is 16.7 Å². The summed E-state index contributed by atoms with van der Waals surface area (Å²) >= 11 is 0. The Morgan fingerprint density at radius 2 is 1.53 bits per heavy atom. The van der Waals surface area contributed by atoms with Crippen LogP contribution in [0.1, 0.15) is 29.2 Å². The highest BCUT2D eigenvalue weighted by Gasteiger charge is 2.42. The monoisotopic (exact) mass is 399 g/mol. The SMILES string of the molecule is O=C1CC(c2ccccc2)OC(=O)C1C(=O)Nc1cccc(Cc2ccccc2)c1. The van der Waals surface area contributed by atoms with Crippen LogP contribution in [0.3, 0.4) is 0 Å². The number of nitrogens with one attached hydrogen (secondary N) is 1. The van der Waals surface area contributed by atoms with Crippen LogP contribution in [-0.4, -0.2) is 17.7 Å². The Bertz CT molecular complexity index is 1040. The van der Waals surface area contributed by atoms with Crippen LogP contribution >= 0.6 is 0 Å². The van der Waals surface area contributed by atoms with E-state index in [1.54, 1.807) is 18.2 Å². The van der Waals surface area contributed by atoms with Gasteiger partial charge in [0.15, 0.2) is 11.7 Å². The first-order valence-electron chi connectivity index (χ1n) is 9.82. The molecular formula is C25H21NO4. The predicted molar refractivity (Wildman–Crippen MR) is 113 cm³/mol. The molecule has 30 heavy (non-hydrogen) atoms. The van der Waals surface area contributed by atoms with E-state index in [1.165, 1.54) is 0 Å². The highest BCUT2D eigenvalue weighted by Crippen LogP contribution is 2.30. The van der Waals surface area contributed by atoms with Gasteiger partial charge in [0, 0.05) is 12.1 Å². The van der Waals surface area contributed by atoms with Crippen molar-refractivity contribution in [3.05, 3.63) is 102 Å². The minimum absolute atomic E-state index is 0.0120. The molecule has 1 aliphatic rings. The van der Waals surface area contributed by atoms with Gasteiger partial charge >= 0.3 is 5.97 Å². The summed E-state index contributed by atoms with van der Waals surface area (Å²) in [4.78, 5) is 37.7. The Balaban J connectivity index is 1.43. The Hall–Kier alpha value is -3.73. The van der Waals surface area contributed by atoms with Gasteiger partial charge in [-0.05, 0) is 35.2 Å². The number of hydrogen-bond donors (Lipinski definition) is 1. The van der Waals surface area contributed by atoms with Crippen molar-refractivity contribution in [3.63, 3.8) is 0 Å². The number of carbonyl (C=O) groups excluding carboxylic acids is 3. The van der Waals surface area contributed by atoms with Gasteiger partial charge in [-0.15, -0.1) is 0 Å². The van der Waals surface area contributed by atoms with E-state index >= 15 is 0 Å². The summed E-state index contributed by atoms with van der Waals surface area (Å²) in [6.07, 6.45) is 0.0553. The molecule has 3 aromatic rings. The molecule has 0 aromatic heterocycles. The molecule has 5 heteroatoms. The average molecular weight is 399 g/mol. The summed E-state index contributed by atoms with van der Waals surface area (Å²) in [5.74, 6) is -3.34. The minimum Gasteiger partial charge on any atom is -0.456 e. The zero-order valence-corrected chi connectivity index (χ0v) is 16.3. The van der Waals surface area contributed by atoms with E-state index in [0.29, 0.717) is 12.1 Å². The predicted octanol–water partition coefficient (Wildman–Crippen LogP) is 4.09. The number of amides is 1. The molecule has 4 rings (SSSR count). The molecule has 0 radical (unpaired) electrons. The van der Waals surface area contributed by atoms with Gasteiger partial charge in [0.05, 0.1) is 0 Å². The van der Waals surface area contributed by atoms with Crippen molar-refractivity contribution in [1.82, 2.24) is 0 Å². The van der Waals surface area contributed by atoms with E-state index in [4.69, 9.17) is 4.74 Å². The third-order valence-corrected chi connectivity index (χ3v) is 5.08. The number of benzene rings is 3. The highest BCUT2D eigenvalue weighted by atomic mass is 16.5. The van der Waals surface area contributed by atoms with Crippen LogP contribution in [0.2, 0.25) is 0 Å². The van der Waals surface area contributed by atoms with E-state index in [9.17, 15) is 14.4 Å². The number of ketones is 1. The zero-order chi connectivity index (χ0) is 20.9. The second kappa shape index (κ2) is 8.74. The number of esters is 1. The van der Waals surface area contributed by atoms with Crippen molar-refractivity contribution in [2.24, 2.45) is 5.92 Å². The van der Waals surface area contributed by atoms with Gasteiger partial charge in [-0.25, -0.2) is 0 Å². The van der Waals surface area contributed by atoms with E-state index in [1.807, 2.05) is 66.7 Å². The minimum atomic E-state index is -1.44. The zero-order valence-electron chi connectivity index (χ0n) is 16.3. The fourth-order valence-corrected chi connectivity index (χ4v) is 3.59. The van der Waals surface area contributed by atoms with Crippen LogP contribution in [0.25, 0.3) is 0 Å². The third kappa shape index (κ3) is 4.46. The lowest BCUT2D eigenvalue weighted by Gasteiger charge is -2.26. The summed E-state index contributed by atoms with van der Waals surface area (Å²) in [6.45, 7) is 0. The normalized spacial score (nSPS) is 18.5. The number of cyclic esters (lactones) is 1. The van der Waals surface area contributed by atoms with Crippen molar-refractivity contribution in [2.75, 3.05) is 5.32 Å². The first kappa shape index (κ1) is 19.6. The molecule has 0 saturated carbocycles. The molecular weight excluding hydrogens is 378 g/mol. The smallest absolute Gasteiger partial charge is 0.326 e. The van der Waals surface area contributed by atoms with Crippen LogP contribution in [0.5, 0.6) is 0 Å². The second-order valence-corrected chi connectivity index (χ2v) is 7.29. The van der Waals surface area contributed by atoms with Crippen molar-refractivity contribution in [3.8, 4) is 0 Å². The number of ether oxygens (including phenoxy) is 1. The number of carbonyl (C=O) groups is 3.